The molecule has 148 valence electrons. The van der Waals surface area contributed by atoms with E-state index in [2.05, 4.69) is 4.90 Å². The smallest absolute Gasteiger partial charge is 0.290 e. The molecule has 6 rings (SSSR count). The van der Waals surface area contributed by atoms with Crippen LogP contribution in [-0.2, 0) is 0 Å². The molecule has 0 unspecified atom stereocenters. The van der Waals surface area contributed by atoms with Gasteiger partial charge in [-0.05, 0) is 49.5 Å². The average Bonchev–Trinajstić information content (AvgIpc) is 3.37. The van der Waals surface area contributed by atoms with Gasteiger partial charge in [-0.3, -0.25) is 9.69 Å². The number of hydrogen-bond acceptors (Lipinski definition) is 4. The van der Waals surface area contributed by atoms with E-state index in [4.69, 9.17) is 9.15 Å². The largest absolute Gasteiger partial charge is 0.468 e. The molecule has 1 aromatic carbocycles. The highest BCUT2D eigenvalue weighted by Gasteiger charge is 2.55. The van der Waals surface area contributed by atoms with Crippen molar-refractivity contribution in [1.29, 1.82) is 0 Å². The molecule has 2 aromatic rings. The van der Waals surface area contributed by atoms with E-state index < -0.39 is 11.6 Å². The van der Waals surface area contributed by atoms with E-state index in [-0.39, 0.29) is 35.6 Å². The number of fused-ring (bicyclic) bond motifs is 2. The van der Waals surface area contributed by atoms with E-state index in [1.54, 1.807) is 24.3 Å². The number of ether oxygens (including phenoxy) is 1. The summed E-state index contributed by atoms with van der Waals surface area (Å²) in [7, 11) is 1.48. The highest BCUT2D eigenvalue weighted by Crippen LogP contribution is 2.47. The third kappa shape index (κ3) is 2.56. The topological polar surface area (TPSA) is 45.9 Å². The van der Waals surface area contributed by atoms with Crippen molar-refractivity contribution in [2.75, 3.05) is 26.7 Å². The van der Waals surface area contributed by atoms with Crippen molar-refractivity contribution in [3.63, 3.8) is 0 Å². The third-order valence-electron chi connectivity index (χ3n) is 6.63. The Kier molecular flexibility index (Phi) is 4.16. The predicted octanol–water partition coefficient (Wildman–Crippen LogP) is 3.27. The number of furan rings is 1. The fourth-order valence-electron chi connectivity index (χ4n) is 5.42. The number of hydrogen-bond donors (Lipinski definition) is 0. The number of likely N-dealkylation sites (tertiary alicyclic amines) is 1. The average molecular weight is 388 g/mol. The lowest BCUT2D eigenvalue weighted by molar-refractivity contribution is -0.00457. The molecule has 0 saturated carbocycles. The molecule has 5 nitrogen and oxygen atoms in total. The number of carbonyl (C=O) groups excluding carboxylic acids is 1. The molecule has 0 radical (unpaired) electrons. The first-order chi connectivity index (χ1) is 13.6. The van der Waals surface area contributed by atoms with Gasteiger partial charge in [0.15, 0.2) is 17.4 Å². The number of rotatable bonds is 3. The third-order valence-corrected chi connectivity index (χ3v) is 6.63. The summed E-state index contributed by atoms with van der Waals surface area (Å²) in [6.45, 7) is 2.23. The van der Waals surface area contributed by atoms with Crippen LogP contribution in [0.5, 0.6) is 5.95 Å². The molecule has 4 fully saturated rings. The molecule has 7 heteroatoms. The maximum atomic E-state index is 14.6. The number of piperidine rings is 3. The van der Waals surface area contributed by atoms with E-state index in [1.165, 1.54) is 7.11 Å². The number of carbonyl (C=O) groups is 1. The standard InChI is InChI=1S/C21H22F2N2O3/c1-27-17-6-5-16(28-17)21(26)25-11-14(13-3-2-4-15(22)18(13)23)20-19(25)12-7-9-24(20)10-8-12/h2-6,12,14,19-20H,7-11H2,1H3/t14-,19+,20+/m1/s1. The van der Waals surface area contributed by atoms with Crippen LogP contribution in [0.1, 0.15) is 34.9 Å². The van der Waals surface area contributed by atoms with Gasteiger partial charge in [-0.1, -0.05) is 12.1 Å². The van der Waals surface area contributed by atoms with Gasteiger partial charge in [0.1, 0.15) is 0 Å². The lowest BCUT2D eigenvalue weighted by Crippen LogP contribution is -2.60. The van der Waals surface area contributed by atoms with E-state index >= 15 is 0 Å². The molecule has 0 aliphatic carbocycles. The van der Waals surface area contributed by atoms with E-state index in [9.17, 15) is 13.6 Å². The van der Waals surface area contributed by atoms with Gasteiger partial charge in [0, 0.05) is 24.6 Å². The Bertz CT molecular complexity index is 907. The monoisotopic (exact) mass is 388 g/mol. The van der Waals surface area contributed by atoms with Crippen LogP contribution < -0.4 is 4.74 Å². The van der Waals surface area contributed by atoms with Crippen molar-refractivity contribution in [3.8, 4) is 5.95 Å². The van der Waals surface area contributed by atoms with Gasteiger partial charge >= 0.3 is 0 Å². The molecule has 0 spiro atoms. The minimum atomic E-state index is -0.842. The van der Waals surface area contributed by atoms with E-state index in [1.807, 2.05) is 4.90 Å². The normalized spacial score (nSPS) is 31.1. The van der Waals surface area contributed by atoms with Crippen LogP contribution >= 0.6 is 0 Å². The van der Waals surface area contributed by atoms with Crippen LogP contribution in [0.15, 0.2) is 34.7 Å². The second-order valence-corrected chi connectivity index (χ2v) is 7.88. The lowest BCUT2D eigenvalue weighted by atomic mass is 9.75. The predicted molar refractivity (Wildman–Crippen MR) is 97.3 cm³/mol. The van der Waals surface area contributed by atoms with Crippen molar-refractivity contribution >= 4 is 5.91 Å². The first kappa shape index (κ1) is 17.7. The van der Waals surface area contributed by atoms with Gasteiger partial charge in [0.25, 0.3) is 11.9 Å². The minimum Gasteiger partial charge on any atom is -0.468 e. The maximum absolute atomic E-state index is 14.6. The van der Waals surface area contributed by atoms with Crippen LogP contribution in [0.2, 0.25) is 0 Å². The summed E-state index contributed by atoms with van der Waals surface area (Å²) in [5, 5.41) is 0. The van der Waals surface area contributed by atoms with Crippen molar-refractivity contribution < 1.29 is 22.7 Å². The van der Waals surface area contributed by atoms with Gasteiger partial charge in [-0.15, -0.1) is 0 Å². The van der Waals surface area contributed by atoms with E-state index in [0.29, 0.717) is 18.0 Å². The first-order valence-electron chi connectivity index (χ1n) is 9.71. The molecular weight excluding hydrogens is 366 g/mol. The Labute approximate surface area is 161 Å². The quantitative estimate of drug-likeness (QED) is 0.810. The highest BCUT2D eigenvalue weighted by atomic mass is 19.2. The van der Waals surface area contributed by atoms with Gasteiger partial charge in [0.05, 0.1) is 13.2 Å². The van der Waals surface area contributed by atoms with Crippen LogP contribution in [-0.4, -0.2) is 54.5 Å². The number of amides is 1. The van der Waals surface area contributed by atoms with Gasteiger partial charge in [-0.2, -0.15) is 0 Å². The summed E-state index contributed by atoms with van der Waals surface area (Å²) >= 11 is 0. The lowest BCUT2D eigenvalue weighted by Gasteiger charge is -2.51. The van der Waals surface area contributed by atoms with Crippen LogP contribution in [0.4, 0.5) is 8.78 Å². The Balaban J connectivity index is 1.54. The van der Waals surface area contributed by atoms with Gasteiger partial charge in [0.2, 0.25) is 0 Å². The summed E-state index contributed by atoms with van der Waals surface area (Å²) in [6.07, 6.45) is 2.04. The first-order valence-corrected chi connectivity index (χ1v) is 9.71. The molecule has 1 amide bonds. The summed E-state index contributed by atoms with van der Waals surface area (Å²) in [5.41, 5.74) is 0.356. The second-order valence-electron chi connectivity index (χ2n) is 7.88. The van der Waals surface area contributed by atoms with Crippen LogP contribution in [0, 0.1) is 17.6 Å². The molecule has 0 N–H and O–H groups in total. The number of nitrogens with zero attached hydrogens (tertiary/aromatic N) is 2. The second kappa shape index (κ2) is 6.58. The fourth-order valence-corrected chi connectivity index (χ4v) is 5.42. The summed E-state index contributed by atoms with van der Waals surface area (Å²) < 4.78 is 39.1. The zero-order valence-corrected chi connectivity index (χ0v) is 15.6. The Hall–Kier alpha value is -2.41. The maximum Gasteiger partial charge on any atom is 0.290 e. The van der Waals surface area contributed by atoms with E-state index in [0.717, 1.165) is 32.0 Å². The molecule has 4 aliphatic rings. The van der Waals surface area contributed by atoms with Crippen molar-refractivity contribution in [1.82, 2.24) is 9.80 Å². The SMILES string of the molecule is COc1ccc(C(=O)N2C[C@H](c3cccc(F)c3F)[C@H]3[C@@H]2C2CCN3CC2)o1. The number of methoxy groups -OCH3 is 1. The highest BCUT2D eigenvalue weighted by molar-refractivity contribution is 5.92. The molecule has 28 heavy (non-hydrogen) atoms. The summed E-state index contributed by atoms with van der Waals surface area (Å²) in [6, 6.07) is 7.53. The Morgan fingerprint density at radius 2 is 1.93 bits per heavy atom. The summed E-state index contributed by atoms with van der Waals surface area (Å²) in [4.78, 5) is 17.4. The Morgan fingerprint density at radius 1 is 1.14 bits per heavy atom. The molecule has 4 saturated heterocycles. The van der Waals surface area contributed by atoms with Crippen molar-refractivity contribution in [2.45, 2.75) is 30.8 Å². The van der Waals surface area contributed by atoms with Crippen LogP contribution in [0.3, 0.4) is 0 Å². The molecular formula is C21H22F2N2O3. The number of halogens is 2. The minimum absolute atomic E-state index is 0.00427. The molecule has 5 heterocycles. The number of benzene rings is 1. The fraction of sp³-hybridized carbons (Fsp3) is 0.476. The van der Waals surface area contributed by atoms with Gasteiger partial charge < -0.3 is 14.1 Å². The molecule has 4 aliphatic heterocycles. The zero-order valence-electron chi connectivity index (χ0n) is 15.6. The van der Waals surface area contributed by atoms with Crippen molar-refractivity contribution in [3.05, 3.63) is 53.3 Å². The molecule has 2 bridgehead atoms. The van der Waals surface area contributed by atoms with Crippen LogP contribution in [0.25, 0.3) is 0 Å². The summed E-state index contributed by atoms with van der Waals surface area (Å²) in [5.74, 6) is -1.25. The van der Waals surface area contributed by atoms with Gasteiger partial charge in [-0.25, -0.2) is 8.78 Å². The van der Waals surface area contributed by atoms with Crippen molar-refractivity contribution in [2.24, 2.45) is 5.92 Å². The zero-order chi connectivity index (χ0) is 19.4. The Morgan fingerprint density at radius 3 is 2.64 bits per heavy atom. The molecule has 1 aromatic heterocycles. The molecule has 3 atom stereocenters.